The number of benzene rings is 2. The van der Waals surface area contributed by atoms with Crippen LogP contribution in [0.2, 0.25) is 0 Å². The molecule has 4 aromatic rings. The van der Waals surface area contributed by atoms with Crippen molar-refractivity contribution >= 4 is 27.9 Å². The highest BCUT2D eigenvalue weighted by Crippen LogP contribution is 2.24. The van der Waals surface area contributed by atoms with Crippen molar-refractivity contribution in [3.8, 4) is 11.3 Å². The Balaban J connectivity index is 1.47. The maximum absolute atomic E-state index is 12.1. The van der Waals surface area contributed by atoms with Gasteiger partial charge in [0.15, 0.2) is 4.96 Å². The molecule has 0 atom stereocenters. The summed E-state index contributed by atoms with van der Waals surface area (Å²) in [4.78, 5) is 17.8. The molecular weight excluding hydrogens is 330 g/mol. The van der Waals surface area contributed by atoms with Crippen LogP contribution in [0.25, 0.3) is 16.2 Å². The molecule has 2 aromatic carbocycles. The van der Waals surface area contributed by atoms with E-state index in [1.165, 1.54) is 0 Å². The summed E-state index contributed by atoms with van der Waals surface area (Å²) >= 11 is 1.61. The fourth-order valence-corrected chi connectivity index (χ4v) is 3.65. The molecule has 0 aliphatic heterocycles. The normalized spacial score (nSPS) is 10.9. The average Bonchev–Trinajstić information content (AvgIpc) is 3.23. The molecule has 0 aliphatic rings. The number of carbonyl (C=O) groups is 1. The maximum atomic E-state index is 12.1. The number of fused-ring (bicyclic) bond motifs is 1. The number of imidazole rings is 1. The molecule has 124 valence electrons. The molecule has 0 spiro atoms. The molecule has 0 unspecified atom stereocenters. The third kappa shape index (κ3) is 3.46. The number of aromatic nitrogens is 2. The van der Waals surface area contributed by atoms with E-state index in [1.54, 1.807) is 11.3 Å². The Labute approximate surface area is 149 Å². The lowest BCUT2D eigenvalue weighted by Crippen LogP contribution is -2.12. The standard InChI is InChI=1S/C20H17N3OS/c24-19(21-16-9-5-2-6-10-16)12-11-17-14-25-20-22-18(13-23(17)20)15-7-3-1-4-8-15/h1-10,13-14H,11-12H2,(H,21,24). The Hall–Kier alpha value is -2.92. The molecule has 2 heterocycles. The molecule has 0 radical (unpaired) electrons. The van der Waals surface area contributed by atoms with Gasteiger partial charge in [0, 0.05) is 34.9 Å². The topological polar surface area (TPSA) is 46.4 Å². The number of rotatable bonds is 5. The average molecular weight is 347 g/mol. The van der Waals surface area contributed by atoms with Crippen molar-refractivity contribution in [1.29, 1.82) is 0 Å². The van der Waals surface area contributed by atoms with Gasteiger partial charge >= 0.3 is 0 Å². The lowest BCUT2D eigenvalue weighted by molar-refractivity contribution is -0.116. The predicted molar refractivity (Wildman–Crippen MR) is 102 cm³/mol. The number of anilines is 1. The summed E-state index contributed by atoms with van der Waals surface area (Å²) in [5.74, 6) is 0.0222. The van der Waals surface area contributed by atoms with Crippen molar-refractivity contribution in [3.63, 3.8) is 0 Å². The molecule has 5 heteroatoms. The molecule has 0 fully saturated rings. The number of para-hydroxylation sites is 1. The van der Waals surface area contributed by atoms with Gasteiger partial charge in [0.1, 0.15) is 0 Å². The van der Waals surface area contributed by atoms with Crippen LogP contribution in [0.5, 0.6) is 0 Å². The summed E-state index contributed by atoms with van der Waals surface area (Å²) in [6, 6.07) is 19.7. The number of amides is 1. The molecule has 2 aromatic heterocycles. The van der Waals surface area contributed by atoms with Gasteiger partial charge < -0.3 is 5.32 Å². The summed E-state index contributed by atoms with van der Waals surface area (Å²) in [5.41, 5.74) is 4.00. The zero-order valence-corrected chi connectivity index (χ0v) is 14.4. The maximum Gasteiger partial charge on any atom is 0.224 e. The first-order valence-corrected chi connectivity index (χ1v) is 9.03. The zero-order valence-electron chi connectivity index (χ0n) is 13.6. The molecule has 0 bridgehead atoms. The molecule has 25 heavy (non-hydrogen) atoms. The van der Waals surface area contributed by atoms with Crippen LogP contribution >= 0.6 is 11.3 Å². The van der Waals surface area contributed by atoms with Gasteiger partial charge in [-0.1, -0.05) is 48.5 Å². The molecule has 0 aliphatic carbocycles. The summed E-state index contributed by atoms with van der Waals surface area (Å²) in [5, 5.41) is 5.00. The number of thiazole rings is 1. The molecule has 4 rings (SSSR count). The molecule has 0 saturated heterocycles. The fourth-order valence-electron chi connectivity index (χ4n) is 2.74. The van der Waals surface area contributed by atoms with Crippen LogP contribution in [-0.2, 0) is 11.2 Å². The van der Waals surface area contributed by atoms with Crippen molar-refractivity contribution in [1.82, 2.24) is 9.38 Å². The van der Waals surface area contributed by atoms with Crippen molar-refractivity contribution in [3.05, 3.63) is 77.9 Å². The highest BCUT2D eigenvalue weighted by molar-refractivity contribution is 7.15. The van der Waals surface area contributed by atoms with E-state index in [0.717, 1.165) is 27.6 Å². The van der Waals surface area contributed by atoms with Gasteiger partial charge in [0.25, 0.3) is 0 Å². The first kappa shape index (κ1) is 15.6. The second kappa shape index (κ2) is 6.91. The number of hydrogen-bond donors (Lipinski definition) is 1. The number of aryl methyl sites for hydroxylation is 1. The van der Waals surface area contributed by atoms with E-state index >= 15 is 0 Å². The van der Waals surface area contributed by atoms with Crippen LogP contribution in [0, 0.1) is 0 Å². The summed E-state index contributed by atoms with van der Waals surface area (Å²) in [7, 11) is 0. The van der Waals surface area contributed by atoms with E-state index in [2.05, 4.69) is 32.2 Å². The second-order valence-electron chi connectivity index (χ2n) is 5.79. The van der Waals surface area contributed by atoms with Crippen LogP contribution < -0.4 is 5.32 Å². The van der Waals surface area contributed by atoms with Crippen molar-refractivity contribution in [2.75, 3.05) is 5.32 Å². The molecule has 4 nitrogen and oxygen atoms in total. The van der Waals surface area contributed by atoms with E-state index in [4.69, 9.17) is 0 Å². The number of nitrogens with one attached hydrogen (secondary N) is 1. The van der Waals surface area contributed by atoms with Crippen molar-refractivity contribution in [2.24, 2.45) is 0 Å². The smallest absolute Gasteiger partial charge is 0.224 e. The highest BCUT2D eigenvalue weighted by Gasteiger charge is 2.11. The number of nitrogens with zero attached hydrogens (tertiary/aromatic N) is 2. The third-order valence-corrected chi connectivity index (χ3v) is 4.91. The van der Waals surface area contributed by atoms with Crippen LogP contribution in [0.4, 0.5) is 5.69 Å². The Morgan fingerprint density at radius 1 is 1.04 bits per heavy atom. The highest BCUT2D eigenvalue weighted by atomic mass is 32.1. The van der Waals surface area contributed by atoms with Gasteiger partial charge in [-0.25, -0.2) is 4.98 Å². The summed E-state index contributed by atoms with van der Waals surface area (Å²) in [6.07, 6.45) is 3.18. The van der Waals surface area contributed by atoms with Gasteiger partial charge in [-0.05, 0) is 18.6 Å². The van der Waals surface area contributed by atoms with Gasteiger partial charge in [-0.2, -0.15) is 0 Å². The van der Waals surface area contributed by atoms with Gasteiger partial charge in [-0.15, -0.1) is 11.3 Å². The van der Waals surface area contributed by atoms with Crippen LogP contribution in [0.1, 0.15) is 12.1 Å². The van der Waals surface area contributed by atoms with Crippen LogP contribution in [0.15, 0.2) is 72.2 Å². The van der Waals surface area contributed by atoms with Crippen LogP contribution in [-0.4, -0.2) is 15.3 Å². The van der Waals surface area contributed by atoms with E-state index in [-0.39, 0.29) is 5.91 Å². The Morgan fingerprint density at radius 2 is 1.76 bits per heavy atom. The molecule has 1 amide bonds. The molecule has 0 saturated carbocycles. The van der Waals surface area contributed by atoms with E-state index in [1.807, 2.05) is 54.7 Å². The Kier molecular flexibility index (Phi) is 4.31. The zero-order chi connectivity index (χ0) is 17.1. The van der Waals surface area contributed by atoms with Gasteiger partial charge in [0.05, 0.1) is 5.69 Å². The SMILES string of the molecule is O=C(CCc1csc2nc(-c3ccccc3)cn12)Nc1ccccc1. The number of carbonyl (C=O) groups excluding carboxylic acids is 1. The summed E-state index contributed by atoms with van der Waals surface area (Å²) in [6.45, 7) is 0. The minimum atomic E-state index is 0.0222. The minimum Gasteiger partial charge on any atom is -0.326 e. The lowest BCUT2D eigenvalue weighted by atomic mass is 10.2. The predicted octanol–water partition coefficient (Wildman–Crippen LogP) is 4.63. The fraction of sp³-hybridized carbons (Fsp3) is 0.100. The van der Waals surface area contributed by atoms with E-state index in [9.17, 15) is 4.79 Å². The monoisotopic (exact) mass is 347 g/mol. The van der Waals surface area contributed by atoms with Crippen molar-refractivity contribution in [2.45, 2.75) is 12.8 Å². The van der Waals surface area contributed by atoms with Gasteiger partial charge in [0.2, 0.25) is 5.91 Å². The van der Waals surface area contributed by atoms with Crippen LogP contribution in [0.3, 0.4) is 0 Å². The minimum absolute atomic E-state index is 0.0222. The van der Waals surface area contributed by atoms with E-state index < -0.39 is 0 Å². The Morgan fingerprint density at radius 3 is 2.52 bits per heavy atom. The first-order chi connectivity index (χ1) is 12.3. The molecular formula is C20H17N3OS. The summed E-state index contributed by atoms with van der Waals surface area (Å²) < 4.78 is 2.09. The first-order valence-electron chi connectivity index (χ1n) is 8.15. The van der Waals surface area contributed by atoms with Gasteiger partial charge in [-0.3, -0.25) is 9.20 Å². The van der Waals surface area contributed by atoms with Crippen molar-refractivity contribution < 1.29 is 4.79 Å². The second-order valence-corrected chi connectivity index (χ2v) is 6.62. The quantitative estimate of drug-likeness (QED) is 0.572. The lowest BCUT2D eigenvalue weighted by Gasteiger charge is -2.04. The third-order valence-electron chi connectivity index (χ3n) is 4.02. The number of hydrogen-bond acceptors (Lipinski definition) is 3. The Bertz CT molecular complexity index is 990. The molecule has 1 N–H and O–H groups in total. The largest absolute Gasteiger partial charge is 0.326 e. The van der Waals surface area contributed by atoms with E-state index in [0.29, 0.717) is 12.8 Å².